The Hall–Kier alpha value is -3.59. The van der Waals surface area contributed by atoms with Gasteiger partial charge in [0, 0.05) is 29.1 Å². The van der Waals surface area contributed by atoms with Crippen molar-refractivity contribution in [1.29, 1.82) is 0 Å². The summed E-state index contributed by atoms with van der Waals surface area (Å²) in [5.41, 5.74) is 2.32. The van der Waals surface area contributed by atoms with E-state index in [2.05, 4.69) is 25.4 Å². The summed E-state index contributed by atoms with van der Waals surface area (Å²) < 4.78 is 20.4. The van der Waals surface area contributed by atoms with Gasteiger partial charge in [-0.15, -0.1) is 5.10 Å². The van der Waals surface area contributed by atoms with E-state index in [9.17, 15) is 9.18 Å². The average Bonchev–Trinajstić information content (AvgIpc) is 3.32. The third kappa shape index (κ3) is 5.40. The summed E-state index contributed by atoms with van der Waals surface area (Å²) in [7, 11) is 1.63. The maximum atomic E-state index is 13.3. The highest BCUT2D eigenvalue weighted by Crippen LogP contribution is 2.26. The molecule has 1 aliphatic rings. The normalized spacial score (nSPS) is 14.6. The minimum atomic E-state index is -0.271. The number of aromatic nitrogens is 5. The van der Waals surface area contributed by atoms with Gasteiger partial charge in [-0.25, -0.2) is 9.07 Å². The van der Waals surface area contributed by atoms with Gasteiger partial charge < -0.3 is 9.72 Å². The Morgan fingerprint density at radius 1 is 1.09 bits per heavy atom. The van der Waals surface area contributed by atoms with Crippen molar-refractivity contribution in [3.63, 3.8) is 0 Å². The van der Waals surface area contributed by atoms with Crippen LogP contribution in [0.15, 0.2) is 53.3 Å². The first kappa shape index (κ1) is 23.2. The molecule has 2 aromatic heterocycles. The van der Waals surface area contributed by atoms with Crippen LogP contribution in [-0.2, 0) is 19.6 Å². The van der Waals surface area contributed by atoms with Gasteiger partial charge in [-0.1, -0.05) is 31.4 Å². The molecular formula is C26H29FN6O2. The molecule has 0 amide bonds. The van der Waals surface area contributed by atoms with E-state index >= 15 is 0 Å². The summed E-state index contributed by atoms with van der Waals surface area (Å²) in [6, 6.07) is 14.3. The fourth-order valence-corrected chi connectivity index (χ4v) is 4.86. The molecule has 0 aliphatic heterocycles. The first-order chi connectivity index (χ1) is 17.1. The second kappa shape index (κ2) is 10.4. The van der Waals surface area contributed by atoms with Gasteiger partial charge >= 0.3 is 0 Å². The van der Waals surface area contributed by atoms with Gasteiger partial charge in [-0.05, 0) is 65.2 Å². The highest BCUT2D eigenvalue weighted by atomic mass is 19.1. The topological polar surface area (TPSA) is 88.9 Å². The maximum Gasteiger partial charge on any atom is 0.252 e. The number of benzene rings is 2. The molecule has 1 N–H and O–H groups in total. The van der Waals surface area contributed by atoms with Crippen molar-refractivity contribution in [2.75, 3.05) is 7.11 Å². The lowest BCUT2D eigenvalue weighted by Crippen LogP contribution is -2.38. The molecule has 35 heavy (non-hydrogen) atoms. The first-order valence-corrected chi connectivity index (χ1v) is 12.0. The molecule has 0 radical (unpaired) electrons. The molecule has 0 atom stereocenters. The first-order valence-electron chi connectivity index (χ1n) is 12.0. The highest BCUT2D eigenvalue weighted by Gasteiger charge is 2.24. The Morgan fingerprint density at radius 2 is 1.89 bits per heavy atom. The minimum absolute atomic E-state index is 0.0885. The molecule has 1 aliphatic carbocycles. The number of nitrogens with zero attached hydrogens (tertiary/aromatic N) is 5. The van der Waals surface area contributed by atoms with Crippen LogP contribution in [0.1, 0.15) is 49.1 Å². The number of H-pyrrole nitrogens is 1. The third-order valence-electron chi connectivity index (χ3n) is 6.79. The molecule has 5 rings (SSSR count). The Morgan fingerprint density at radius 3 is 2.66 bits per heavy atom. The van der Waals surface area contributed by atoms with Crippen LogP contribution in [0.5, 0.6) is 5.75 Å². The quantitative estimate of drug-likeness (QED) is 0.413. The van der Waals surface area contributed by atoms with Crippen LogP contribution in [0.4, 0.5) is 4.39 Å². The lowest BCUT2D eigenvalue weighted by Gasteiger charge is -2.33. The Bertz CT molecular complexity index is 1340. The van der Waals surface area contributed by atoms with Crippen LogP contribution in [0.3, 0.4) is 0 Å². The van der Waals surface area contributed by atoms with Crippen molar-refractivity contribution in [2.24, 2.45) is 0 Å². The zero-order valence-electron chi connectivity index (χ0n) is 19.8. The van der Waals surface area contributed by atoms with Crippen molar-refractivity contribution in [3.05, 3.63) is 81.7 Å². The third-order valence-corrected chi connectivity index (χ3v) is 6.79. The minimum Gasteiger partial charge on any atom is -0.497 e. The number of pyridine rings is 1. The number of nitrogens with one attached hydrogen (secondary N) is 1. The van der Waals surface area contributed by atoms with Crippen molar-refractivity contribution in [1.82, 2.24) is 30.1 Å². The van der Waals surface area contributed by atoms with Crippen molar-refractivity contribution < 1.29 is 9.13 Å². The van der Waals surface area contributed by atoms with Gasteiger partial charge in [0.2, 0.25) is 0 Å². The molecule has 9 heteroatoms. The molecular weight excluding hydrogens is 447 g/mol. The number of hydrogen-bond donors (Lipinski definition) is 1. The van der Waals surface area contributed by atoms with Gasteiger partial charge in [0.05, 0.1) is 20.2 Å². The number of ether oxygens (including phenoxy) is 1. The number of halogens is 1. The Balaban J connectivity index is 1.42. The summed E-state index contributed by atoms with van der Waals surface area (Å²) in [5.74, 6) is 1.20. The fourth-order valence-electron chi connectivity index (χ4n) is 4.86. The molecule has 0 bridgehead atoms. The van der Waals surface area contributed by atoms with E-state index in [0.29, 0.717) is 31.2 Å². The molecule has 2 heterocycles. The number of methoxy groups -OCH3 is 1. The lowest BCUT2D eigenvalue weighted by atomic mass is 9.93. The number of tetrazole rings is 1. The second-order valence-corrected chi connectivity index (χ2v) is 9.15. The number of rotatable bonds is 8. The monoisotopic (exact) mass is 476 g/mol. The number of fused-ring (bicyclic) bond motifs is 1. The van der Waals surface area contributed by atoms with Crippen molar-refractivity contribution in [3.8, 4) is 5.75 Å². The summed E-state index contributed by atoms with van der Waals surface area (Å²) in [5, 5.41) is 13.3. The van der Waals surface area contributed by atoms with Gasteiger partial charge in [-0.3, -0.25) is 9.69 Å². The van der Waals surface area contributed by atoms with E-state index in [-0.39, 0.29) is 11.4 Å². The zero-order chi connectivity index (χ0) is 24.2. The van der Waals surface area contributed by atoms with Crippen LogP contribution < -0.4 is 10.3 Å². The van der Waals surface area contributed by atoms with Gasteiger partial charge in [0.25, 0.3) is 5.56 Å². The average molecular weight is 477 g/mol. The van der Waals surface area contributed by atoms with Crippen LogP contribution in [0.2, 0.25) is 0 Å². The highest BCUT2D eigenvalue weighted by molar-refractivity contribution is 5.80. The maximum absolute atomic E-state index is 13.3. The molecule has 1 fully saturated rings. The molecule has 4 aromatic rings. The summed E-state index contributed by atoms with van der Waals surface area (Å²) in [4.78, 5) is 18.3. The standard InChI is InChI=1S/C26H29FN6O2/c1-35-23-11-12-24-19(14-23)13-20(26(34)28-24)16-32(22-5-3-2-4-6-22)17-25-29-30-31-33(25)15-18-7-9-21(27)10-8-18/h7-14,22H,2-6,15-17H2,1H3,(H,28,34). The largest absolute Gasteiger partial charge is 0.497 e. The van der Waals surface area contributed by atoms with Crippen molar-refractivity contribution in [2.45, 2.75) is 57.8 Å². The molecule has 8 nitrogen and oxygen atoms in total. The molecule has 0 spiro atoms. The van der Waals surface area contributed by atoms with E-state index in [0.717, 1.165) is 40.9 Å². The zero-order valence-corrected chi connectivity index (χ0v) is 19.8. The number of hydrogen-bond acceptors (Lipinski definition) is 6. The fraction of sp³-hybridized carbons (Fsp3) is 0.385. The van der Waals surface area contributed by atoms with Crippen molar-refractivity contribution >= 4 is 10.9 Å². The molecule has 182 valence electrons. The molecule has 1 saturated carbocycles. The summed E-state index contributed by atoms with van der Waals surface area (Å²) in [6.07, 6.45) is 5.75. The predicted molar refractivity (Wildman–Crippen MR) is 131 cm³/mol. The lowest BCUT2D eigenvalue weighted by molar-refractivity contribution is 0.134. The predicted octanol–water partition coefficient (Wildman–Crippen LogP) is 4.05. The Kier molecular flexibility index (Phi) is 6.85. The van der Waals surface area contributed by atoms with Crippen LogP contribution in [-0.4, -0.2) is 43.2 Å². The molecule has 0 unspecified atom stereocenters. The van der Waals surface area contributed by atoms with Gasteiger partial charge in [0.1, 0.15) is 11.6 Å². The van der Waals surface area contributed by atoms with Gasteiger partial charge in [0.15, 0.2) is 5.82 Å². The summed E-state index contributed by atoms with van der Waals surface area (Å²) in [6.45, 7) is 1.47. The van der Waals surface area contributed by atoms with E-state index in [1.54, 1.807) is 23.9 Å². The molecule has 2 aromatic carbocycles. The second-order valence-electron chi connectivity index (χ2n) is 9.15. The number of aromatic amines is 1. The summed E-state index contributed by atoms with van der Waals surface area (Å²) >= 11 is 0. The van der Waals surface area contributed by atoms with Crippen LogP contribution >= 0.6 is 0 Å². The smallest absolute Gasteiger partial charge is 0.252 e. The van der Waals surface area contributed by atoms with Gasteiger partial charge in [-0.2, -0.15) is 0 Å². The van der Waals surface area contributed by atoms with Crippen LogP contribution in [0, 0.1) is 5.82 Å². The van der Waals surface area contributed by atoms with E-state index < -0.39 is 0 Å². The van der Waals surface area contributed by atoms with Crippen LogP contribution in [0.25, 0.3) is 10.9 Å². The SMILES string of the molecule is COc1ccc2[nH]c(=O)c(CN(Cc3nnnn3Cc3ccc(F)cc3)C3CCCCC3)cc2c1. The van der Waals surface area contributed by atoms with E-state index in [1.807, 2.05) is 24.3 Å². The van der Waals surface area contributed by atoms with E-state index in [1.165, 1.54) is 31.4 Å². The molecule has 0 saturated heterocycles. The Labute approximate surface area is 202 Å². The van der Waals surface area contributed by atoms with E-state index in [4.69, 9.17) is 4.74 Å².